The average molecular weight is 377 g/mol. The van der Waals surface area contributed by atoms with Crippen LogP contribution >= 0.6 is 0 Å². The number of carbonyl (C=O) groups is 1. The van der Waals surface area contributed by atoms with Crippen LogP contribution < -0.4 is 4.90 Å². The molecule has 0 unspecified atom stereocenters. The molecule has 0 N–H and O–H groups in total. The van der Waals surface area contributed by atoms with E-state index in [4.69, 9.17) is 0 Å². The second-order valence-electron chi connectivity index (χ2n) is 6.46. The molecule has 4 rings (SSSR count). The molecule has 0 radical (unpaired) electrons. The molecule has 2 heterocycles. The molecule has 0 saturated carbocycles. The van der Waals surface area contributed by atoms with E-state index in [2.05, 4.69) is 4.98 Å². The van der Waals surface area contributed by atoms with Crippen LogP contribution in [0.1, 0.15) is 16.2 Å². The summed E-state index contributed by atoms with van der Waals surface area (Å²) in [7, 11) is 1.79. The molecule has 1 amide bonds. The molecule has 4 aromatic rings. The van der Waals surface area contributed by atoms with Gasteiger partial charge in [-0.3, -0.25) is 14.7 Å². The first-order chi connectivity index (χ1) is 13.5. The highest BCUT2D eigenvalue weighted by atomic mass is 19.1. The molecule has 2 aromatic carbocycles. The third kappa shape index (κ3) is 3.24. The number of aromatic nitrogens is 2. The normalized spacial score (nSPS) is 11.0. The molecule has 28 heavy (non-hydrogen) atoms. The Morgan fingerprint density at radius 1 is 1.04 bits per heavy atom. The molecule has 0 saturated heterocycles. The molecule has 0 fully saturated rings. The van der Waals surface area contributed by atoms with E-state index in [0.29, 0.717) is 11.4 Å². The van der Waals surface area contributed by atoms with Crippen LogP contribution in [0.4, 0.5) is 14.5 Å². The molecule has 4 nitrogen and oxygen atoms in total. The summed E-state index contributed by atoms with van der Waals surface area (Å²) in [5, 5.41) is 0.908. The van der Waals surface area contributed by atoms with Crippen molar-refractivity contribution in [2.24, 2.45) is 7.05 Å². The van der Waals surface area contributed by atoms with Gasteiger partial charge in [0.1, 0.15) is 17.3 Å². The van der Waals surface area contributed by atoms with Crippen molar-refractivity contribution in [3.05, 3.63) is 95.9 Å². The maximum Gasteiger partial charge on any atom is 0.275 e. The monoisotopic (exact) mass is 377 g/mol. The van der Waals surface area contributed by atoms with Crippen LogP contribution in [0, 0.1) is 11.6 Å². The van der Waals surface area contributed by atoms with Gasteiger partial charge in [0.15, 0.2) is 0 Å². The highest BCUT2D eigenvalue weighted by Gasteiger charge is 2.24. The molecule has 2 aromatic heterocycles. The predicted octanol–water partition coefficient (Wildman–Crippen LogP) is 4.70. The van der Waals surface area contributed by atoms with Crippen LogP contribution in [0.2, 0.25) is 0 Å². The SMILES string of the molecule is Cn1c(C(=O)N(Cc2ccccn2)c2ccc(F)cc2F)cc2ccccc21. The number of amides is 1. The Hall–Kier alpha value is -3.54. The van der Waals surface area contributed by atoms with E-state index in [0.717, 1.165) is 23.0 Å². The summed E-state index contributed by atoms with van der Waals surface area (Å²) in [5.41, 5.74) is 1.89. The third-order valence-electron chi connectivity index (χ3n) is 4.66. The minimum Gasteiger partial charge on any atom is -0.340 e. The van der Waals surface area contributed by atoms with Crippen LogP contribution in [0.25, 0.3) is 10.9 Å². The summed E-state index contributed by atoms with van der Waals surface area (Å²) < 4.78 is 29.7. The number of pyridine rings is 1. The van der Waals surface area contributed by atoms with Gasteiger partial charge >= 0.3 is 0 Å². The number of halogens is 2. The summed E-state index contributed by atoms with van der Waals surface area (Å²) >= 11 is 0. The molecule has 0 bridgehead atoms. The van der Waals surface area contributed by atoms with E-state index in [1.165, 1.54) is 11.0 Å². The average Bonchev–Trinajstić information content (AvgIpc) is 3.04. The fraction of sp³-hybridized carbons (Fsp3) is 0.0909. The fourth-order valence-electron chi connectivity index (χ4n) is 3.25. The summed E-state index contributed by atoms with van der Waals surface area (Å²) in [4.78, 5) is 18.9. The first-order valence-corrected chi connectivity index (χ1v) is 8.76. The minimum atomic E-state index is -0.803. The van der Waals surface area contributed by atoms with Crippen molar-refractivity contribution in [3.8, 4) is 0 Å². The van der Waals surface area contributed by atoms with E-state index < -0.39 is 17.5 Å². The van der Waals surface area contributed by atoms with Gasteiger partial charge in [0.25, 0.3) is 5.91 Å². The molecule has 0 spiro atoms. The number of carbonyl (C=O) groups excluding carboxylic acids is 1. The molecular weight excluding hydrogens is 360 g/mol. The summed E-state index contributed by atoms with van der Waals surface area (Å²) in [6.07, 6.45) is 1.61. The lowest BCUT2D eigenvalue weighted by Gasteiger charge is -2.23. The lowest BCUT2D eigenvalue weighted by atomic mass is 10.2. The topological polar surface area (TPSA) is 38.1 Å². The van der Waals surface area contributed by atoms with Crippen molar-refractivity contribution in [2.45, 2.75) is 6.54 Å². The van der Waals surface area contributed by atoms with Gasteiger partial charge in [0, 0.05) is 30.2 Å². The van der Waals surface area contributed by atoms with Crippen LogP contribution in [0.15, 0.2) is 72.9 Å². The zero-order chi connectivity index (χ0) is 19.7. The van der Waals surface area contributed by atoms with Gasteiger partial charge in [-0.05, 0) is 36.4 Å². The molecule has 0 atom stereocenters. The molecule has 0 aliphatic heterocycles. The predicted molar refractivity (Wildman–Crippen MR) is 104 cm³/mol. The first kappa shape index (κ1) is 17.9. The van der Waals surface area contributed by atoms with E-state index in [-0.39, 0.29) is 12.2 Å². The Kier molecular flexibility index (Phi) is 4.61. The van der Waals surface area contributed by atoms with E-state index in [9.17, 15) is 13.6 Å². The van der Waals surface area contributed by atoms with Crippen molar-refractivity contribution < 1.29 is 13.6 Å². The van der Waals surface area contributed by atoms with Gasteiger partial charge in [-0.1, -0.05) is 24.3 Å². The van der Waals surface area contributed by atoms with Crippen molar-refractivity contribution >= 4 is 22.5 Å². The fourth-order valence-corrected chi connectivity index (χ4v) is 3.25. The molecule has 6 heteroatoms. The number of fused-ring (bicyclic) bond motifs is 1. The molecule has 0 aliphatic rings. The Balaban J connectivity index is 1.81. The number of rotatable bonds is 4. The largest absolute Gasteiger partial charge is 0.340 e. The van der Waals surface area contributed by atoms with Crippen molar-refractivity contribution in [2.75, 3.05) is 4.90 Å². The number of benzene rings is 2. The lowest BCUT2D eigenvalue weighted by molar-refractivity contribution is 0.0976. The highest BCUT2D eigenvalue weighted by Crippen LogP contribution is 2.26. The van der Waals surface area contributed by atoms with Gasteiger partial charge < -0.3 is 4.57 Å². The first-order valence-electron chi connectivity index (χ1n) is 8.76. The second kappa shape index (κ2) is 7.23. The Morgan fingerprint density at radius 3 is 2.54 bits per heavy atom. The molecule has 0 aliphatic carbocycles. The lowest BCUT2D eigenvalue weighted by Crippen LogP contribution is -2.32. The summed E-state index contributed by atoms with van der Waals surface area (Å²) in [5.74, 6) is -1.89. The zero-order valence-electron chi connectivity index (χ0n) is 15.1. The van der Waals surface area contributed by atoms with Crippen LogP contribution in [-0.2, 0) is 13.6 Å². The number of para-hydroxylation sites is 1. The van der Waals surface area contributed by atoms with Gasteiger partial charge in [-0.2, -0.15) is 0 Å². The van der Waals surface area contributed by atoms with Crippen molar-refractivity contribution in [3.63, 3.8) is 0 Å². The number of anilines is 1. The van der Waals surface area contributed by atoms with Crippen molar-refractivity contribution in [1.29, 1.82) is 0 Å². The van der Waals surface area contributed by atoms with E-state index in [1.807, 2.05) is 24.3 Å². The Labute approximate surface area is 160 Å². The van der Waals surface area contributed by atoms with Crippen LogP contribution in [0.3, 0.4) is 0 Å². The van der Waals surface area contributed by atoms with Crippen LogP contribution in [-0.4, -0.2) is 15.5 Å². The van der Waals surface area contributed by atoms with Gasteiger partial charge in [0.05, 0.1) is 17.9 Å². The Morgan fingerprint density at radius 2 is 1.82 bits per heavy atom. The second-order valence-corrected chi connectivity index (χ2v) is 6.46. The minimum absolute atomic E-state index is 0.00214. The van der Waals surface area contributed by atoms with E-state index >= 15 is 0 Å². The number of hydrogen-bond acceptors (Lipinski definition) is 2. The smallest absolute Gasteiger partial charge is 0.275 e. The third-order valence-corrected chi connectivity index (χ3v) is 4.66. The maximum atomic E-state index is 14.5. The highest BCUT2D eigenvalue weighted by molar-refractivity contribution is 6.07. The molecular formula is C22H17F2N3O. The quantitative estimate of drug-likeness (QED) is 0.517. The van der Waals surface area contributed by atoms with Gasteiger partial charge in [-0.15, -0.1) is 0 Å². The number of hydrogen-bond donors (Lipinski definition) is 0. The maximum absolute atomic E-state index is 14.5. The van der Waals surface area contributed by atoms with Gasteiger partial charge in [0.2, 0.25) is 0 Å². The van der Waals surface area contributed by atoms with Crippen LogP contribution in [0.5, 0.6) is 0 Å². The zero-order valence-corrected chi connectivity index (χ0v) is 15.1. The van der Waals surface area contributed by atoms with E-state index in [1.54, 1.807) is 42.1 Å². The standard InChI is InChI=1S/C22H17F2N3O/c1-26-19-8-3-2-6-15(19)12-21(26)22(28)27(14-17-7-4-5-11-25-17)20-10-9-16(23)13-18(20)24/h2-13H,14H2,1H3. The van der Waals surface area contributed by atoms with Crippen molar-refractivity contribution in [1.82, 2.24) is 9.55 Å². The molecule has 140 valence electrons. The number of nitrogens with zero attached hydrogens (tertiary/aromatic N) is 3. The summed E-state index contributed by atoms with van der Waals surface area (Å²) in [6.45, 7) is 0.0593. The number of aryl methyl sites for hydroxylation is 1. The summed E-state index contributed by atoms with van der Waals surface area (Å²) in [6, 6.07) is 17.9. The Bertz CT molecular complexity index is 1160. The van der Waals surface area contributed by atoms with Gasteiger partial charge in [-0.25, -0.2) is 8.78 Å².